The van der Waals surface area contributed by atoms with Crippen LogP contribution in [0.1, 0.15) is 20.7 Å². The van der Waals surface area contributed by atoms with E-state index in [9.17, 15) is 14.4 Å². The van der Waals surface area contributed by atoms with E-state index in [1.54, 1.807) is 10.7 Å². The van der Waals surface area contributed by atoms with Crippen molar-refractivity contribution in [2.24, 2.45) is 5.92 Å². The van der Waals surface area contributed by atoms with Gasteiger partial charge in [0, 0.05) is 16.8 Å². The summed E-state index contributed by atoms with van der Waals surface area (Å²) >= 11 is 5.08. The average Bonchev–Trinajstić information content (AvgIpc) is 3.23. The SMILES string of the molecule is O=CC1C(=O)c2ccc(OCNc3cccc(-n4[nH]nnc4=S)c3)cc2C1=O. The van der Waals surface area contributed by atoms with E-state index in [1.165, 1.54) is 12.1 Å². The molecule has 1 unspecified atom stereocenters. The minimum atomic E-state index is -1.24. The summed E-state index contributed by atoms with van der Waals surface area (Å²) in [6, 6.07) is 11.9. The van der Waals surface area contributed by atoms with Gasteiger partial charge in [-0.25, -0.2) is 4.68 Å². The quantitative estimate of drug-likeness (QED) is 0.281. The molecule has 1 aliphatic rings. The highest BCUT2D eigenvalue weighted by molar-refractivity contribution is 7.71. The maximum atomic E-state index is 12.1. The van der Waals surface area contributed by atoms with Gasteiger partial charge in [-0.3, -0.25) is 9.59 Å². The van der Waals surface area contributed by atoms with Gasteiger partial charge in [-0.05, 0) is 48.6 Å². The predicted molar refractivity (Wildman–Crippen MR) is 100 cm³/mol. The van der Waals surface area contributed by atoms with E-state index >= 15 is 0 Å². The van der Waals surface area contributed by atoms with Crippen LogP contribution in [0.15, 0.2) is 42.5 Å². The zero-order valence-electron chi connectivity index (χ0n) is 14.3. The Morgan fingerprint density at radius 3 is 2.75 bits per heavy atom. The molecule has 10 heteroatoms. The van der Waals surface area contributed by atoms with Crippen LogP contribution in [0, 0.1) is 10.7 Å². The number of tetrazole rings is 1. The van der Waals surface area contributed by atoms with Gasteiger partial charge in [0.2, 0.25) is 4.77 Å². The van der Waals surface area contributed by atoms with Gasteiger partial charge < -0.3 is 14.8 Å². The fourth-order valence-electron chi connectivity index (χ4n) is 2.93. The Balaban J connectivity index is 1.44. The Bertz CT molecular complexity index is 1150. The van der Waals surface area contributed by atoms with Crippen molar-refractivity contribution in [3.05, 3.63) is 58.4 Å². The molecule has 2 aromatic carbocycles. The maximum absolute atomic E-state index is 12.1. The minimum Gasteiger partial charge on any atom is -0.473 e. The van der Waals surface area contributed by atoms with E-state index in [1.807, 2.05) is 24.3 Å². The second-order valence-corrected chi connectivity index (χ2v) is 6.35. The lowest BCUT2D eigenvalue weighted by Crippen LogP contribution is -2.15. The number of ketones is 2. The van der Waals surface area contributed by atoms with Gasteiger partial charge in [-0.2, -0.15) is 5.21 Å². The number of anilines is 1. The number of aromatic amines is 1. The highest BCUT2D eigenvalue weighted by Crippen LogP contribution is 2.29. The van der Waals surface area contributed by atoms with Crippen molar-refractivity contribution < 1.29 is 19.1 Å². The van der Waals surface area contributed by atoms with E-state index in [4.69, 9.17) is 17.0 Å². The number of aromatic nitrogens is 4. The molecule has 1 heterocycles. The van der Waals surface area contributed by atoms with Gasteiger partial charge in [0.15, 0.2) is 18.3 Å². The zero-order chi connectivity index (χ0) is 19.7. The van der Waals surface area contributed by atoms with Crippen molar-refractivity contribution >= 4 is 35.8 Å². The normalized spacial score (nSPS) is 15.4. The summed E-state index contributed by atoms with van der Waals surface area (Å²) in [5.41, 5.74) is 1.98. The minimum absolute atomic E-state index is 0.119. The molecule has 140 valence electrons. The molecule has 2 N–H and O–H groups in total. The lowest BCUT2D eigenvalue weighted by atomic mass is 10.1. The van der Waals surface area contributed by atoms with Gasteiger partial charge in [0.25, 0.3) is 0 Å². The van der Waals surface area contributed by atoms with Crippen LogP contribution in [-0.4, -0.2) is 44.8 Å². The topological polar surface area (TPSA) is 119 Å². The monoisotopic (exact) mass is 395 g/mol. The van der Waals surface area contributed by atoms with Crippen molar-refractivity contribution in [1.29, 1.82) is 0 Å². The molecule has 9 nitrogen and oxygen atoms in total. The van der Waals surface area contributed by atoms with E-state index < -0.39 is 17.5 Å². The van der Waals surface area contributed by atoms with Crippen LogP contribution < -0.4 is 10.1 Å². The lowest BCUT2D eigenvalue weighted by Gasteiger charge is -2.11. The third kappa shape index (κ3) is 3.09. The standard InChI is InChI=1S/C18H13N5O4S/c24-8-15-16(25)13-5-4-12(7-14(13)17(15)26)27-9-19-10-2-1-3-11(6-10)23-18(28)20-21-22-23/h1-8,15,19H,9H2,(H,20,22,28). The van der Waals surface area contributed by atoms with E-state index in [0.29, 0.717) is 16.8 Å². The van der Waals surface area contributed by atoms with Gasteiger partial charge in [-0.1, -0.05) is 16.4 Å². The molecule has 4 rings (SSSR count). The number of ether oxygens (including phenoxy) is 1. The summed E-state index contributed by atoms with van der Waals surface area (Å²) in [6.07, 6.45) is 0.376. The number of hydrogen-bond donors (Lipinski definition) is 2. The number of Topliss-reactive ketones (excluding diaryl/α,β-unsaturated/α-hetero) is 2. The Hall–Kier alpha value is -3.66. The predicted octanol–water partition coefficient (Wildman–Crippen LogP) is 1.97. The number of nitrogens with one attached hydrogen (secondary N) is 2. The molecule has 0 bridgehead atoms. The molecule has 1 aliphatic carbocycles. The summed E-state index contributed by atoms with van der Waals surface area (Å²) < 4.78 is 7.47. The summed E-state index contributed by atoms with van der Waals surface area (Å²) in [7, 11) is 0. The van der Waals surface area contributed by atoms with Crippen molar-refractivity contribution in [3.63, 3.8) is 0 Å². The number of nitrogens with zero attached hydrogens (tertiary/aromatic N) is 3. The van der Waals surface area contributed by atoms with Gasteiger partial charge in [0.05, 0.1) is 5.69 Å². The van der Waals surface area contributed by atoms with Gasteiger partial charge in [-0.15, -0.1) is 0 Å². The van der Waals surface area contributed by atoms with Crippen molar-refractivity contribution in [3.8, 4) is 11.4 Å². The fourth-order valence-corrected chi connectivity index (χ4v) is 3.12. The number of H-pyrrole nitrogens is 1. The first-order valence-corrected chi connectivity index (χ1v) is 8.64. The van der Waals surface area contributed by atoms with Crippen LogP contribution in [0.4, 0.5) is 5.69 Å². The molecule has 0 aliphatic heterocycles. The summed E-state index contributed by atoms with van der Waals surface area (Å²) in [6.45, 7) is 0.119. The number of aldehydes is 1. The molecular weight excluding hydrogens is 382 g/mol. The van der Waals surface area contributed by atoms with E-state index in [0.717, 1.165) is 11.4 Å². The molecular formula is C18H13N5O4S. The molecule has 3 aromatic rings. The van der Waals surface area contributed by atoms with Crippen LogP contribution in [-0.2, 0) is 4.79 Å². The van der Waals surface area contributed by atoms with Crippen molar-refractivity contribution in [2.45, 2.75) is 0 Å². The number of carbonyl (C=O) groups excluding carboxylic acids is 3. The van der Waals surface area contributed by atoms with E-state index in [2.05, 4.69) is 20.8 Å². The second-order valence-electron chi connectivity index (χ2n) is 5.98. The van der Waals surface area contributed by atoms with Crippen LogP contribution in [0.2, 0.25) is 0 Å². The Labute approximate surface area is 163 Å². The number of hydrogen-bond acceptors (Lipinski definition) is 8. The molecule has 1 atom stereocenters. The van der Waals surface area contributed by atoms with Crippen LogP contribution >= 0.6 is 12.2 Å². The van der Waals surface area contributed by atoms with Crippen molar-refractivity contribution in [1.82, 2.24) is 20.2 Å². The first-order chi connectivity index (χ1) is 13.6. The first-order valence-electron chi connectivity index (χ1n) is 8.23. The molecule has 0 saturated heterocycles. The molecule has 0 amide bonds. The highest BCUT2D eigenvalue weighted by atomic mass is 32.1. The molecule has 0 saturated carbocycles. The third-order valence-electron chi connectivity index (χ3n) is 4.31. The van der Waals surface area contributed by atoms with Crippen molar-refractivity contribution in [2.75, 3.05) is 12.0 Å². The van der Waals surface area contributed by atoms with E-state index in [-0.39, 0.29) is 17.9 Å². The summed E-state index contributed by atoms with van der Waals surface area (Å²) in [5.74, 6) is -1.79. The second kappa shape index (κ2) is 7.16. The smallest absolute Gasteiger partial charge is 0.242 e. The molecule has 28 heavy (non-hydrogen) atoms. The number of rotatable bonds is 6. The van der Waals surface area contributed by atoms with Crippen LogP contribution in [0.25, 0.3) is 5.69 Å². The molecule has 0 spiro atoms. The van der Waals surface area contributed by atoms with Gasteiger partial charge in [0.1, 0.15) is 18.0 Å². The Kier molecular flexibility index (Phi) is 4.53. The number of fused-ring (bicyclic) bond motifs is 1. The number of carbonyl (C=O) groups is 3. The maximum Gasteiger partial charge on any atom is 0.242 e. The largest absolute Gasteiger partial charge is 0.473 e. The van der Waals surface area contributed by atoms with Crippen LogP contribution in [0.5, 0.6) is 5.75 Å². The summed E-state index contributed by atoms with van der Waals surface area (Å²) in [5, 5.41) is 13.1. The fraction of sp³-hybridized carbons (Fsp3) is 0.111. The number of benzene rings is 2. The third-order valence-corrected chi connectivity index (χ3v) is 4.58. The lowest BCUT2D eigenvalue weighted by molar-refractivity contribution is -0.108. The summed E-state index contributed by atoms with van der Waals surface area (Å²) in [4.78, 5) is 35.0. The molecule has 0 fully saturated rings. The van der Waals surface area contributed by atoms with Crippen LogP contribution in [0.3, 0.4) is 0 Å². The first kappa shape index (κ1) is 17.7. The average molecular weight is 395 g/mol. The zero-order valence-corrected chi connectivity index (χ0v) is 15.1. The highest BCUT2D eigenvalue weighted by Gasteiger charge is 2.38. The molecule has 0 radical (unpaired) electrons. The Morgan fingerprint density at radius 1 is 1.18 bits per heavy atom. The Morgan fingerprint density at radius 2 is 2.00 bits per heavy atom. The molecule has 1 aromatic heterocycles. The van der Waals surface area contributed by atoms with Gasteiger partial charge >= 0.3 is 0 Å².